The van der Waals surface area contributed by atoms with Crippen LogP contribution in [0.2, 0.25) is 0 Å². The number of aldehydes is 1. The molecular weight excluding hydrogens is 168 g/mol. The summed E-state index contributed by atoms with van der Waals surface area (Å²) in [4.78, 5) is 10.4. The van der Waals surface area contributed by atoms with Crippen molar-refractivity contribution < 1.29 is 14.6 Å². The number of carbonyl (C=O) groups is 1. The van der Waals surface area contributed by atoms with Crippen LogP contribution in [0.4, 0.5) is 0 Å². The molecule has 0 radical (unpaired) electrons. The molecule has 0 aromatic heterocycles. The Bertz CT molecular complexity index is 294. The lowest BCUT2D eigenvalue weighted by molar-refractivity contribution is 0.112. The third-order valence-corrected chi connectivity index (χ3v) is 1.70. The van der Waals surface area contributed by atoms with Gasteiger partial charge in [0.15, 0.2) is 0 Å². The van der Waals surface area contributed by atoms with Gasteiger partial charge in [0.1, 0.15) is 18.6 Å². The average Bonchev–Trinajstić information content (AvgIpc) is 2.17. The van der Waals surface area contributed by atoms with E-state index in [0.29, 0.717) is 11.3 Å². The normalized spacial score (nSPS) is 9.69. The first-order chi connectivity index (χ1) is 6.27. The van der Waals surface area contributed by atoms with Gasteiger partial charge in [-0.25, -0.2) is 0 Å². The predicted molar refractivity (Wildman–Crippen MR) is 49.1 cm³/mol. The Kier molecular flexibility index (Phi) is 3.46. The first-order valence-electron chi connectivity index (χ1n) is 4.07. The van der Waals surface area contributed by atoms with Crippen LogP contribution in [0.15, 0.2) is 18.2 Å². The average molecular weight is 180 g/mol. The van der Waals surface area contributed by atoms with Crippen LogP contribution in [0.1, 0.15) is 15.9 Å². The van der Waals surface area contributed by atoms with Crippen LogP contribution < -0.4 is 4.74 Å². The fourth-order valence-electron chi connectivity index (χ4n) is 1.00. The molecule has 0 fully saturated rings. The van der Waals surface area contributed by atoms with Gasteiger partial charge < -0.3 is 9.84 Å². The third kappa shape index (κ3) is 2.56. The fraction of sp³-hybridized carbons (Fsp3) is 0.300. The van der Waals surface area contributed by atoms with Crippen molar-refractivity contribution >= 4 is 6.29 Å². The molecule has 0 unspecified atom stereocenters. The standard InChI is InChI=1S/C10H12O3/c1-8-2-3-9(7-12)6-10(8)13-5-4-11/h2-3,6-7,11H,4-5H2,1H3. The second-order valence-corrected chi connectivity index (χ2v) is 2.71. The summed E-state index contributed by atoms with van der Waals surface area (Å²) >= 11 is 0. The minimum absolute atomic E-state index is 0.0231. The maximum Gasteiger partial charge on any atom is 0.150 e. The lowest BCUT2D eigenvalue weighted by atomic mass is 10.1. The van der Waals surface area contributed by atoms with E-state index >= 15 is 0 Å². The smallest absolute Gasteiger partial charge is 0.150 e. The summed E-state index contributed by atoms with van der Waals surface area (Å²) in [6, 6.07) is 5.21. The topological polar surface area (TPSA) is 46.5 Å². The number of hydrogen-bond acceptors (Lipinski definition) is 3. The van der Waals surface area contributed by atoms with Crippen molar-refractivity contribution in [1.82, 2.24) is 0 Å². The van der Waals surface area contributed by atoms with Gasteiger partial charge >= 0.3 is 0 Å². The van der Waals surface area contributed by atoms with Crippen molar-refractivity contribution in [3.05, 3.63) is 29.3 Å². The summed E-state index contributed by atoms with van der Waals surface area (Å²) in [5.41, 5.74) is 1.54. The molecule has 0 saturated heterocycles. The molecule has 0 bridgehead atoms. The Morgan fingerprint density at radius 2 is 2.31 bits per heavy atom. The van der Waals surface area contributed by atoms with Crippen molar-refractivity contribution in [1.29, 1.82) is 0 Å². The van der Waals surface area contributed by atoms with Gasteiger partial charge in [-0.1, -0.05) is 12.1 Å². The number of rotatable bonds is 4. The zero-order chi connectivity index (χ0) is 9.68. The Hall–Kier alpha value is -1.35. The summed E-state index contributed by atoms with van der Waals surface area (Å²) < 4.78 is 5.22. The van der Waals surface area contributed by atoms with E-state index < -0.39 is 0 Å². The molecule has 3 nitrogen and oxygen atoms in total. The minimum atomic E-state index is -0.0231. The Morgan fingerprint density at radius 1 is 1.54 bits per heavy atom. The summed E-state index contributed by atoms with van der Waals surface area (Å²) in [5.74, 6) is 0.652. The van der Waals surface area contributed by atoms with E-state index in [9.17, 15) is 4.79 Å². The summed E-state index contributed by atoms with van der Waals surface area (Å²) in [7, 11) is 0. The monoisotopic (exact) mass is 180 g/mol. The highest BCUT2D eigenvalue weighted by Gasteiger charge is 2.00. The van der Waals surface area contributed by atoms with Gasteiger partial charge in [0, 0.05) is 5.56 Å². The van der Waals surface area contributed by atoms with Gasteiger partial charge in [-0.3, -0.25) is 4.79 Å². The van der Waals surface area contributed by atoms with Gasteiger partial charge in [-0.05, 0) is 18.6 Å². The van der Waals surface area contributed by atoms with E-state index in [4.69, 9.17) is 9.84 Å². The van der Waals surface area contributed by atoms with Gasteiger partial charge in [0.25, 0.3) is 0 Å². The largest absolute Gasteiger partial charge is 0.491 e. The lowest BCUT2D eigenvalue weighted by Gasteiger charge is -2.07. The molecule has 0 atom stereocenters. The Balaban J connectivity index is 2.83. The highest BCUT2D eigenvalue weighted by Crippen LogP contribution is 2.18. The lowest BCUT2D eigenvalue weighted by Crippen LogP contribution is -2.03. The van der Waals surface area contributed by atoms with Crippen LogP contribution in [-0.2, 0) is 0 Å². The van der Waals surface area contributed by atoms with E-state index in [0.717, 1.165) is 11.8 Å². The molecule has 70 valence electrons. The van der Waals surface area contributed by atoms with Crippen molar-refractivity contribution in [3.63, 3.8) is 0 Å². The summed E-state index contributed by atoms with van der Waals surface area (Å²) in [6.45, 7) is 2.12. The summed E-state index contributed by atoms with van der Waals surface area (Å²) in [6.07, 6.45) is 0.769. The Morgan fingerprint density at radius 3 is 2.92 bits per heavy atom. The van der Waals surface area contributed by atoms with Crippen molar-refractivity contribution in [3.8, 4) is 5.75 Å². The number of ether oxygens (including phenoxy) is 1. The molecule has 1 N–H and O–H groups in total. The van der Waals surface area contributed by atoms with Crippen LogP contribution in [0.3, 0.4) is 0 Å². The first-order valence-corrected chi connectivity index (χ1v) is 4.07. The number of benzene rings is 1. The molecule has 0 heterocycles. The second kappa shape index (κ2) is 4.62. The van der Waals surface area contributed by atoms with Crippen molar-refractivity contribution in [2.75, 3.05) is 13.2 Å². The van der Waals surface area contributed by atoms with Crippen LogP contribution in [-0.4, -0.2) is 24.6 Å². The van der Waals surface area contributed by atoms with Crippen molar-refractivity contribution in [2.24, 2.45) is 0 Å². The molecule has 3 heteroatoms. The van der Waals surface area contributed by atoms with Gasteiger partial charge in [-0.2, -0.15) is 0 Å². The molecule has 13 heavy (non-hydrogen) atoms. The quantitative estimate of drug-likeness (QED) is 0.708. The van der Waals surface area contributed by atoms with Gasteiger partial charge in [-0.15, -0.1) is 0 Å². The zero-order valence-corrected chi connectivity index (χ0v) is 7.49. The number of carbonyl (C=O) groups excluding carboxylic acids is 1. The maximum absolute atomic E-state index is 10.4. The molecule has 1 aromatic carbocycles. The van der Waals surface area contributed by atoms with Crippen LogP contribution >= 0.6 is 0 Å². The molecule has 0 saturated carbocycles. The number of aliphatic hydroxyl groups is 1. The number of hydrogen-bond donors (Lipinski definition) is 1. The second-order valence-electron chi connectivity index (χ2n) is 2.71. The third-order valence-electron chi connectivity index (χ3n) is 1.70. The van der Waals surface area contributed by atoms with Crippen LogP contribution in [0.25, 0.3) is 0 Å². The fourth-order valence-corrected chi connectivity index (χ4v) is 1.00. The highest BCUT2D eigenvalue weighted by atomic mass is 16.5. The molecule has 0 aliphatic carbocycles. The van der Waals surface area contributed by atoms with Gasteiger partial charge in [0.2, 0.25) is 0 Å². The zero-order valence-electron chi connectivity index (χ0n) is 7.49. The molecule has 0 aliphatic heterocycles. The molecule has 0 aliphatic rings. The van der Waals surface area contributed by atoms with E-state index in [2.05, 4.69) is 0 Å². The minimum Gasteiger partial charge on any atom is -0.491 e. The van der Waals surface area contributed by atoms with E-state index in [1.807, 2.05) is 13.0 Å². The maximum atomic E-state index is 10.4. The predicted octanol–water partition coefficient (Wildman–Crippen LogP) is 1.18. The van der Waals surface area contributed by atoms with E-state index in [1.54, 1.807) is 12.1 Å². The molecule has 1 aromatic rings. The van der Waals surface area contributed by atoms with Gasteiger partial charge in [0.05, 0.1) is 6.61 Å². The molecular formula is C10H12O3. The van der Waals surface area contributed by atoms with Crippen LogP contribution in [0, 0.1) is 6.92 Å². The number of aryl methyl sites for hydroxylation is 1. The van der Waals surface area contributed by atoms with Crippen LogP contribution in [0.5, 0.6) is 5.75 Å². The van der Waals surface area contributed by atoms with E-state index in [-0.39, 0.29) is 13.2 Å². The molecule has 0 spiro atoms. The first kappa shape index (κ1) is 9.74. The highest BCUT2D eigenvalue weighted by molar-refractivity contribution is 5.75. The number of aliphatic hydroxyl groups excluding tert-OH is 1. The van der Waals surface area contributed by atoms with E-state index in [1.165, 1.54) is 0 Å². The van der Waals surface area contributed by atoms with Crippen molar-refractivity contribution in [2.45, 2.75) is 6.92 Å². The Labute approximate surface area is 77.0 Å². The summed E-state index contributed by atoms with van der Waals surface area (Å²) in [5, 5.41) is 8.55. The molecule has 1 rings (SSSR count). The SMILES string of the molecule is Cc1ccc(C=O)cc1OCCO. The molecule has 0 amide bonds.